The molecule has 0 aliphatic heterocycles. The number of nitrogens with zero attached hydrogens (tertiary/aromatic N) is 4. The lowest BCUT2D eigenvalue weighted by molar-refractivity contribution is -0.127. The Kier molecular flexibility index (Phi) is 6.19. The molecule has 3 aromatic rings. The van der Waals surface area contributed by atoms with Crippen molar-refractivity contribution in [1.82, 2.24) is 19.7 Å². The molecule has 0 saturated carbocycles. The number of benzene rings is 2. The van der Waals surface area contributed by atoms with Gasteiger partial charge in [0.05, 0.1) is 11.4 Å². The van der Waals surface area contributed by atoms with Crippen LogP contribution in [0.5, 0.6) is 0 Å². The summed E-state index contributed by atoms with van der Waals surface area (Å²) in [6.45, 7) is 8.75. The quantitative estimate of drug-likeness (QED) is 0.587. The summed E-state index contributed by atoms with van der Waals surface area (Å²) in [7, 11) is 1.84. The highest BCUT2D eigenvalue weighted by molar-refractivity contribution is 7.99. The summed E-state index contributed by atoms with van der Waals surface area (Å²) in [6, 6.07) is 14.5. The van der Waals surface area contributed by atoms with Crippen molar-refractivity contribution >= 4 is 17.7 Å². The van der Waals surface area contributed by atoms with Crippen molar-refractivity contribution < 1.29 is 4.79 Å². The van der Waals surface area contributed by atoms with Crippen molar-refractivity contribution in [2.45, 2.75) is 39.4 Å². The molecule has 0 saturated heterocycles. The van der Waals surface area contributed by atoms with Crippen molar-refractivity contribution in [3.63, 3.8) is 0 Å². The number of aryl methyl sites for hydroxylation is 4. The van der Waals surface area contributed by atoms with Gasteiger partial charge in [0.25, 0.3) is 0 Å². The summed E-state index contributed by atoms with van der Waals surface area (Å²) in [6.07, 6.45) is 0. The monoisotopic (exact) mass is 394 g/mol. The topological polar surface area (TPSA) is 51.0 Å². The maximum Gasteiger partial charge on any atom is 0.233 e. The number of hydrogen-bond acceptors (Lipinski definition) is 4. The van der Waals surface area contributed by atoms with Gasteiger partial charge in [0.15, 0.2) is 5.16 Å². The number of carbonyl (C=O) groups is 1. The normalized spacial score (nSPS) is 10.9. The molecule has 0 aliphatic carbocycles. The summed E-state index contributed by atoms with van der Waals surface area (Å²) in [5.41, 5.74) is 5.75. The smallest absolute Gasteiger partial charge is 0.233 e. The Morgan fingerprint density at radius 3 is 2.54 bits per heavy atom. The van der Waals surface area contributed by atoms with Crippen molar-refractivity contribution in [3.05, 3.63) is 70.5 Å². The minimum atomic E-state index is 0.0708. The minimum Gasteiger partial charge on any atom is -0.341 e. The maximum absolute atomic E-state index is 12.7. The Morgan fingerprint density at radius 2 is 1.79 bits per heavy atom. The van der Waals surface area contributed by atoms with E-state index in [0.717, 1.165) is 27.8 Å². The number of thioether (sulfide) groups is 1. The van der Waals surface area contributed by atoms with Crippen LogP contribution in [0.4, 0.5) is 0 Å². The summed E-state index contributed by atoms with van der Waals surface area (Å²) < 4.78 is 2.03. The number of hydrogen-bond donors (Lipinski definition) is 0. The van der Waals surface area contributed by atoms with Crippen LogP contribution in [0.3, 0.4) is 0 Å². The van der Waals surface area contributed by atoms with E-state index in [-0.39, 0.29) is 5.91 Å². The molecule has 0 aliphatic rings. The van der Waals surface area contributed by atoms with Gasteiger partial charge in [0, 0.05) is 13.6 Å². The second-order valence-electron chi connectivity index (χ2n) is 7.12. The first-order valence-corrected chi connectivity index (χ1v) is 10.3. The Balaban J connectivity index is 1.72. The molecule has 6 heteroatoms. The van der Waals surface area contributed by atoms with E-state index in [1.54, 1.807) is 4.90 Å². The lowest BCUT2D eigenvalue weighted by Crippen LogP contribution is -2.28. The van der Waals surface area contributed by atoms with Crippen molar-refractivity contribution in [1.29, 1.82) is 0 Å². The highest BCUT2D eigenvalue weighted by Crippen LogP contribution is 2.25. The van der Waals surface area contributed by atoms with E-state index >= 15 is 0 Å². The lowest BCUT2D eigenvalue weighted by atomic mass is 10.1. The third-order valence-corrected chi connectivity index (χ3v) is 5.73. The molecular formula is C22H26N4OS. The first kappa shape index (κ1) is 20.1. The molecule has 146 valence electrons. The maximum atomic E-state index is 12.7. The second-order valence-corrected chi connectivity index (χ2v) is 8.06. The van der Waals surface area contributed by atoms with E-state index in [1.807, 2.05) is 30.7 Å². The van der Waals surface area contributed by atoms with Crippen LogP contribution in [-0.4, -0.2) is 38.4 Å². The Labute approximate surface area is 170 Å². The van der Waals surface area contributed by atoms with Gasteiger partial charge < -0.3 is 4.90 Å². The first-order valence-electron chi connectivity index (χ1n) is 9.27. The minimum absolute atomic E-state index is 0.0708. The van der Waals surface area contributed by atoms with Crippen LogP contribution in [0.25, 0.3) is 5.69 Å². The Bertz CT molecular complexity index is 996. The lowest BCUT2D eigenvalue weighted by Gasteiger charge is -2.18. The van der Waals surface area contributed by atoms with Gasteiger partial charge in [0.1, 0.15) is 5.82 Å². The van der Waals surface area contributed by atoms with E-state index in [2.05, 4.69) is 61.3 Å². The summed E-state index contributed by atoms with van der Waals surface area (Å²) in [5, 5.41) is 9.27. The van der Waals surface area contributed by atoms with Gasteiger partial charge in [0.2, 0.25) is 5.91 Å². The predicted molar refractivity (Wildman–Crippen MR) is 114 cm³/mol. The predicted octanol–water partition coefficient (Wildman–Crippen LogP) is 4.25. The molecule has 5 nitrogen and oxygen atoms in total. The zero-order valence-corrected chi connectivity index (χ0v) is 17.9. The largest absolute Gasteiger partial charge is 0.341 e. The van der Waals surface area contributed by atoms with Gasteiger partial charge in [-0.1, -0.05) is 48.2 Å². The average Bonchev–Trinajstić information content (AvgIpc) is 3.04. The highest BCUT2D eigenvalue weighted by Gasteiger charge is 2.17. The molecule has 1 amide bonds. The van der Waals surface area contributed by atoms with E-state index in [0.29, 0.717) is 12.3 Å². The Morgan fingerprint density at radius 1 is 1.04 bits per heavy atom. The number of aromatic nitrogens is 3. The zero-order valence-electron chi connectivity index (χ0n) is 17.1. The fourth-order valence-corrected chi connectivity index (χ4v) is 3.97. The van der Waals surface area contributed by atoms with Gasteiger partial charge in [-0.2, -0.15) is 0 Å². The van der Waals surface area contributed by atoms with Gasteiger partial charge in [-0.05, 0) is 56.0 Å². The van der Waals surface area contributed by atoms with Crippen LogP contribution >= 0.6 is 11.8 Å². The molecule has 28 heavy (non-hydrogen) atoms. The second kappa shape index (κ2) is 8.61. The van der Waals surface area contributed by atoms with Crippen molar-refractivity contribution in [3.8, 4) is 5.69 Å². The molecule has 3 rings (SSSR count). The first-order chi connectivity index (χ1) is 13.4. The van der Waals surface area contributed by atoms with Gasteiger partial charge in [-0.3, -0.25) is 9.36 Å². The molecule has 0 atom stereocenters. The molecule has 1 aromatic heterocycles. The third-order valence-electron chi connectivity index (χ3n) is 4.82. The third kappa shape index (κ3) is 4.44. The van der Waals surface area contributed by atoms with E-state index in [4.69, 9.17) is 0 Å². The average molecular weight is 395 g/mol. The zero-order chi connectivity index (χ0) is 20.3. The summed E-state index contributed by atoms with van der Waals surface area (Å²) in [4.78, 5) is 14.4. The summed E-state index contributed by atoms with van der Waals surface area (Å²) >= 11 is 1.43. The highest BCUT2D eigenvalue weighted by atomic mass is 32.2. The molecule has 2 aromatic carbocycles. The fraction of sp³-hybridized carbons (Fsp3) is 0.318. The number of amides is 1. The van der Waals surface area contributed by atoms with Gasteiger partial charge in [-0.25, -0.2) is 0 Å². The van der Waals surface area contributed by atoms with E-state index in [1.165, 1.54) is 22.9 Å². The van der Waals surface area contributed by atoms with Gasteiger partial charge in [-0.15, -0.1) is 10.2 Å². The Hall–Kier alpha value is -2.60. The number of rotatable bonds is 6. The standard InChI is InChI=1S/C22H26N4OS/c1-15-10-11-17(3)20(12-15)26-18(4)23-24-22(26)28-14-21(27)25(5)13-19-9-7-6-8-16(19)2/h6-12H,13-14H2,1-5H3. The molecule has 0 unspecified atom stereocenters. The van der Waals surface area contributed by atoms with Crippen LogP contribution in [0.15, 0.2) is 47.6 Å². The molecule has 0 fully saturated rings. The molecule has 1 heterocycles. The van der Waals surface area contributed by atoms with E-state index < -0.39 is 0 Å². The fourth-order valence-electron chi connectivity index (χ4n) is 3.04. The SMILES string of the molecule is Cc1ccc(C)c(-n2c(C)nnc2SCC(=O)N(C)Cc2ccccc2C)c1. The number of carbonyl (C=O) groups excluding carboxylic acids is 1. The van der Waals surface area contributed by atoms with Gasteiger partial charge >= 0.3 is 0 Å². The molecular weight excluding hydrogens is 368 g/mol. The molecule has 0 radical (unpaired) electrons. The van der Waals surface area contributed by atoms with Crippen LogP contribution in [0.1, 0.15) is 28.1 Å². The van der Waals surface area contributed by atoms with Crippen LogP contribution in [0.2, 0.25) is 0 Å². The van der Waals surface area contributed by atoms with Crippen LogP contribution in [-0.2, 0) is 11.3 Å². The van der Waals surface area contributed by atoms with Crippen LogP contribution < -0.4 is 0 Å². The summed E-state index contributed by atoms with van der Waals surface area (Å²) in [5.74, 6) is 1.21. The van der Waals surface area contributed by atoms with Crippen molar-refractivity contribution in [2.24, 2.45) is 0 Å². The molecule has 0 N–H and O–H groups in total. The molecule has 0 bridgehead atoms. The molecule has 0 spiro atoms. The van der Waals surface area contributed by atoms with E-state index in [9.17, 15) is 4.79 Å². The van der Waals surface area contributed by atoms with Crippen molar-refractivity contribution in [2.75, 3.05) is 12.8 Å². The van der Waals surface area contributed by atoms with Crippen LogP contribution in [0, 0.1) is 27.7 Å².